The van der Waals surface area contributed by atoms with Crippen LogP contribution in [0.4, 0.5) is 0 Å². The molecule has 1 nitrogen and oxygen atoms in total. The molecular formula is C15H23NS. The lowest BCUT2D eigenvalue weighted by atomic mass is 9.70. The molecule has 1 heterocycles. The Labute approximate surface area is 109 Å². The highest BCUT2D eigenvalue weighted by molar-refractivity contribution is 7.99. The molecule has 0 aromatic heterocycles. The summed E-state index contributed by atoms with van der Waals surface area (Å²) in [5.74, 6) is 2.56. The quantitative estimate of drug-likeness (QED) is 0.776. The first-order valence-corrected chi connectivity index (χ1v) is 7.78. The van der Waals surface area contributed by atoms with E-state index in [0.717, 1.165) is 13.1 Å². The highest BCUT2D eigenvalue weighted by atomic mass is 32.2. The molecule has 0 radical (unpaired) electrons. The van der Waals surface area contributed by atoms with Gasteiger partial charge in [0, 0.05) is 18.5 Å². The second kappa shape index (κ2) is 5.92. The first kappa shape index (κ1) is 13.0. The zero-order chi connectivity index (χ0) is 12.1. The third-order valence-electron chi connectivity index (χ3n) is 3.79. The third kappa shape index (κ3) is 2.86. The van der Waals surface area contributed by atoms with E-state index in [4.69, 9.17) is 0 Å². The number of rotatable bonds is 6. The summed E-state index contributed by atoms with van der Waals surface area (Å²) in [5.41, 5.74) is 3.46. The van der Waals surface area contributed by atoms with E-state index >= 15 is 0 Å². The summed E-state index contributed by atoms with van der Waals surface area (Å²) in [6, 6.07) is 8.90. The standard InChI is InChI=1S/C15H23NS/c1-3-17-10-6-9-15(11-16-12-15)14-8-5-4-7-13(14)2/h4-5,7-8,16H,3,6,9-12H2,1-2H3. The monoisotopic (exact) mass is 249 g/mol. The van der Waals surface area contributed by atoms with Gasteiger partial charge in [0.25, 0.3) is 0 Å². The van der Waals surface area contributed by atoms with Crippen LogP contribution in [0, 0.1) is 6.92 Å². The van der Waals surface area contributed by atoms with E-state index in [1.807, 2.05) is 0 Å². The lowest BCUT2D eigenvalue weighted by Gasteiger charge is -2.44. The zero-order valence-electron chi connectivity index (χ0n) is 11.0. The number of benzene rings is 1. The normalized spacial score (nSPS) is 17.8. The van der Waals surface area contributed by atoms with Crippen LogP contribution in [0.25, 0.3) is 0 Å². The smallest absolute Gasteiger partial charge is 0.0205 e. The fraction of sp³-hybridized carbons (Fsp3) is 0.600. The SMILES string of the molecule is CCSCCCC1(c2ccccc2C)CNC1. The highest BCUT2D eigenvalue weighted by Crippen LogP contribution is 2.35. The van der Waals surface area contributed by atoms with Crippen molar-refractivity contribution in [3.05, 3.63) is 35.4 Å². The predicted octanol–water partition coefficient (Wildman–Crippen LogP) is 3.37. The number of nitrogens with one attached hydrogen (secondary N) is 1. The zero-order valence-corrected chi connectivity index (χ0v) is 11.8. The molecule has 0 bridgehead atoms. The number of aryl methyl sites for hydroxylation is 1. The Kier molecular flexibility index (Phi) is 4.52. The van der Waals surface area contributed by atoms with Crippen molar-refractivity contribution >= 4 is 11.8 Å². The van der Waals surface area contributed by atoms with Crippen LogP contribution in [0.1, 0.15) is 30.9 Å². The van der Waals surface area contributed by atoms with Gasteiger partial charge in [-0.15, -0.1) is 0 Å². The van der Waals surface area contributed by atoms with Crippen LogP contribution < -0.4 is 5.32 Å². The van der Waals surface area contributed by atoms with Gasteiger partial charge in [-0.2, -0.15) is 11.8 Å². The van der Waals surface area contributed by atoms with Crippen LogP contribution in [0.2, 0.25) is 0 Å². The minimum atomic E-state index is 0.430. The summed E-state index contributed by atoms with van der Waals surface area (Å²) in [4.78, 5) is 0. The first-order chi connectivity index (χ1) is 8.28. The number of thioether (sulfide) groups is 1. The molecule has 94 valence electrons. The lowest BCUT2D eigenvalue weighted by Crippen LogP contribution is -2.57. The highest BCUT2D eigenvalue weighted by Gasteiger charge is 2.38. The summed E-state index contributed by atoms with van der Waals surface area (Å²) in [6.45, 7) is 6.81. The molecule has 0 amide bonds. The van der Waals surface area contributed by atoms with Crippen molar-refractivity contribution in [3.63, 3.8) is 0 Å². The molecule has 17 heavy (non-hydrogen) atoms. The first-order valence-electron chi connectivity index (χ1n) is 6.63. The largest absolute Gasteiger partial charge is 0.315 e. The van der Waals surface area contributed by atoms with Crippen LogP contribution >= 0.6 is 11.8 Å². The Bertz CT molecular complexity index is 358. The van der Waals surface area contributed by atoms with Crippen molar-refractivity contribution in [1.29, 1.82) is 0 Å². The molecule has 2 rings (SSSR count). The molecule has 0 saturated carbocycles. The van der Waals surface area contributed by atoms with Crippen LogP contribution in [0.15, 0.2) is 24.3 Å². The van der Waals surface area contributed by atoms with Crippen molar-refractivity contribution < 1.29 is 0 Å². The van der Waals surface area contributed by atoms with Gasteiger partial charge in [0.2, 0.25) is 0 Å². The molecule has 0 spiro atoms. The van der Waals surface area contributed by atoms with Crippen molar-refractivity contribution in [3.8, 4) is 0 Å². The number of hydrogen-bond donors (Lipinski definition) is 1. The fourth-order valence-electron chi connectivity index (χ4n) is 2.75. The predicted molar refractivity (Wildman–Crippen MR) is 78.0 cm³/mol. The van der Waals surface area contributed by atoms with Gasteiger partial charge < -0.3 is 5.32 Å². The van der Waals surface area contributed by atoms with E-state index in [9.17, 15) is 0 Å². The molecule has 0 unspecified atom stereocenters. The van der Waals surface area contributed by atoms with Crippen LogP contribution in [-0.2, 0) is 5.41 Å². The van der Waals surface area contributed by atoms with Gasteiger partial charge in [-0.05, 0) is 42.4 Å². The molecule has 1 aliphatic heterocycles. The Morgan fingerprint density at radius 1 is 1.29 bits per heavy atom. The van der Waals surface area contributed by atoms with E-state index in [1.54, 1.807) is 5.56 Å². The maximum Gasteiger partial charge on any atom is 0.0205 e. The molecule has 1 saturated heterocycles. The second-order valence-corrected chi connectivity index (χ2v) is 6.39. The summed E-state index contributed by atoms with van der Waals surface area (Å²) < 4.78 is 0. The third-order valence-corrected chi connectivity index (χ3v) is 4.78. The Morgan fingerprint density at radius 3 is 2.65 bits per heavy atom. The van der Waals surface area contributed by atoms with Crippen LogP contribution in [0.5, 0.6) is 0 Å². The Hall–Kier alpha value is -0.470. The van der Waals surface area contributed by atoms with Gasteiger partial charge in [0.15, 0.2) is 0 Å². The fourth-order valence-corrected chi connectivity index (χ4v) is 3.39. The topological polar surface area (TPSA) is 12.0 Å². The van der Waals surface area contributed by atoms with Gasteiger partial charge in [-0.1, -0.05) is 31.2 Å². The van der Waals surface area contributed by atoms with Crippen LogP contribution in [-0.4, -0.2) is 24.6 Å². The molecule has 1 aromatic rings. The Morgan fingerprint density at radius 2 is 2.06 bits per heavy atom. The summed E-state index contributed by atoms with van der Waals surface area (Å²) >= 11 is 2.06. The van der Waals surface area contributed by atoms with Gasteiger partial charge in [0.05, 0.1) is 0 Å². The molecule has 1 fully saturated rings. The molecule has 1 aromatic carbocycles. The van der Waals surface area contributed by atoms with E-state index in [-0.39, 0.29) is 0 Å². The van der Waals surface area contributed by atoms with Crippen molar-refractivity contribution in [2.75, 3.05) is 24.6 Å². The van der Waals surface area contributed by atoms with Crippen molar-refractivity contribution in [2.24, 2.45) is 0 Å². The molecule has 1 aliphatic rings. The molecule has 0 atom stereocenters. The van der Waals surface area contributed by atoms with E-state index in [2.05, 4.69) is 55.2 Å². The molecule has 1 N–H and O–H groups in total. The van der Waals surface area contributed by atoms with Crippen molar-refractivity contribution in [1.82, 2.24) is 5.32 Å². The summed E-state index contributed by atoms with van der Waals surface area (Å²) in [6.07, 6.45) is 2.67. The summed E-state index contributed by atoms with van der Waals surface area (Å²) in [5, 5.41) is 3.46. The van der Waals surface area contributed by atoms with Gasteiger partial charge in [0.1, 0.15) is 0 Å². The molecular weight excluding hydrogens is 226 g/mol. The van der Waals surface area contributed by atoms with Crippen molar-refractivity contribution in [2.45, 2.75) is 32.1 Å². The lowest BCUT2D eigenvalue weighted by molar-refractivity contribution is 0.255. The maximum absolute atomic E-state index is 3.46. The van der Waals surface area contributed by atoms with Crippen LogP contribution in [0.3, 0.4) is 0 Å². The average Bonchev–Trinajstić information content (AvgIpc) is 2.29. The Balaban J connectivity index is 2.02. The minimum Gasteiger partial charge on any atom is -0.315 e. The summed E-state index contributed by atoms with van der Waals surface area (Å²) in [7, 11) is 0. The van der Waals surface area contributed by atoms with E-state index < -0.39 is 0 Å². The van der Waals surface area contributed by atoms with E-state index in [0.29, 0.717) is 5.41 Å². The van der Waals surface area contributed by atoms with Gasteiger partial charge in [-0.25, -0.2) is 0 Å². The average molecular weight is 249 g/mol. The second-order valence-electron chi connectivity index (χ2n) is 5.00. The number of hydrogen-bond acceptors (Lipinski definition) is 2. The molecule has 2 heteroatoms. The minimum absolute atomic E-state index is 0.430. The molecule has 0 aliphatic carbocycles. The van der Waals surface area contributed by atoms with Gasteiger partial charge >= 0.3 is 0 Å². The van der Waals surface area contributed by atoms with Gasteiger partial charge in [-0.3, -0.25) is 0 Å². The van der Waals surface area contributed by atoms with E-state index in [1.165, 1.54) is 29.9 Å². The maximum atomic E-state index is 3.46.